The van der Waals surface area contributed by atoms with Crippen molar-refractivity contribution in [3.8, 4) is 0 Å². The van der Waals surface area contributed by atoms with Crippen molar-refractivity contribution in [3.05, 3.63) is 35.9 Å². The van der Waals surface area contributed by atoms with E-state index in [-0.39, 0.29) is 9.75 Å². The molecule has 0 aliphatic heterocycles. The Labute approximate surface area is 131 Å². The highest BCUT2D eigenvalue weighted by Gasteiger charge is 2.62. The molecule has 6 atom stereocenters. The third kappa shape index (κ3) is 1.95. The first kappa shape index (κ1) is 13.5. The molecule has 0 N–H and O–H groups in total. The van der Waals surface area contributed by atoms with E-state index in [0.29, 0.717) is 11.8 Å². The van der Waals surface area contributed by atoms with Crippen molar-refractivity contribution in [3.63, 3.8) is 0 Å². The summed E-state index contributed by atoms with van der Waals surface area (Å²) in [6, 6.07) is 10.9. The van der Waals surface area contributed by atoms with Gasteiger partial charge in [0.25, 0.3) is 0 Å². The van der Waals surface area contributed by atoms with Gasteiger partial charge < -0.3 is 0 Å². The van der Waals surface area contributed by atoms with Crippen LogP contribution in [0.4, 0.5) is 0 Å². The van der Waals surface area contributed by atoms with Gasteiger partial charge in [-0.25, -0.2) is 0 Å². The normalized spacial score (nSPS) is 47.5. The van der Waals surface area contributed by atoms with Gasteiger partial charge in [-0.2, -0.15) is 0 Å². The van der Waals surface area contributed by atoms with Gasteiger partial charge in [0.05, 0.1) is 4.87 Å². The van der Waals surface area contributed by atoms with Crippen LogP contribution in [0.3, 0.4) is 0 Å². The lowest BCUT2D eigenvalue weighted by molar-refractivity contribution is -0.0170. The van der Waals surface area contributed by atoms with Gasteiger partial charge in [0.2, 0.25) is 0 Å². The summed E-state index contributed by atoms with van der Waals surface area (Å²) in [4.78, 5) is -0.0401. The molecule has 0 nitrogen and oxygen atoms in total. The highest BCUT2D eigenvalue weighted by Crippen LogP contribution is 2.67. The van der Waals surface area contributed by atoms with Gasteiger partial charge in [0.1, 0.15) is 0 Å². The lowest BCUT2D eigenvalue weighted by atomic mass is 9.48. The Balaban J connectivity index is 1.69. The van der Waals surface area contributed by atoms with Crippen LogP contribution in [0.5, 0.6) is 0 Å². The van der Waals surface area contributed by atoms with E-state index < -0.39 is 0 Å². The first-order valence-corrected chi connectivity index (χ1v) is 8.67. The lowest BCUT2D eigenvalue weighted by Crippen LogP contribution is -2.60. The van der Waals surface area contributed by atoms with E-state index in [4.69, 9.17) is 23.2 Å². The number of benzene rings is 1. The number of halogens is 2. The molecule has 5 rings (SSSR count). The molecule has 0 amide bonds. The van der Waals surface area contributed by atoms with Crippen molar-refractivity contribution in [2.24, 2.45) is 17.8 Å². The monoisotopic (exact) mass is 308 g/mol. The molecule has 4 aliphatic carbocycles. The predicted octanol–water partition coefficient (Wildman–Crippen LogP) is 5.59. The topological polar surface area (TPSA) is 0 Å². The average Bonchev–Trinajstić information content (AvgIpc) is 2.36. The zero-order valence-electron chi connectivity index (χ0n) is 12.0. The molecule has 4 bridgehead atoms. The maximum absolute atomic E-state index is 7.15. The minimum atomic E-state index is -0.0545. The van der Waals surface area contributed by atoms with Crippen LogP contribution in [0.1, 0.15) is 50.5 Å². The van der Waals surface area contributed by atoms with Crippen molar-refractivity contribution >= 4 is 23.2 Å². The number of alkyl halides is 2. The molecular weight excluding hydrogens is 287 g/mol. The zero-order valence-corrected chi connectivity index (χ0v) is 13.5. The van der Waals surface area contributed by atoms with Gasteiger partial charge in [0, 0.05) is 4.87 Å². The molecule has 0 saturated heterocycles. The first-order chi connectivity index (χ1) is 9.49. The molecule has 1 unspecified atom stereocenters. The van der Waals surface area contributed by atoms with Crippen molar-refractivity contribution in [2.75, 3.05) is 0 Å². The molecule has 2 heteroatoms. The Morgan fingerprint density at radius 1 is 1.10 bits per heavy atom. The maximum Gasteiger partial charge on any atom is 0.0502 e. The van der Waals surface area contributed by atoms with Gasteiger partial charge >= 0.3 is 0 Å². The second-order valence-electron chi connectivity index (χ2n) is 7.56. The van der Waals surface area contributed by atoms with E-state index in [1.165, 1.54) is 31.2 Å². The second kappa shape index (κ2) is 4.40. The Hall–Kier alpha value is -0.200. The standard InChI is InChI=1S/C18H22Cl2/c1-12(14-5-3-2-4-6-14)16-15-7-13-8-17(19,10-15)11-18(16,20)9-13/h2-6,12-13,15-16H,7-11H2,1H3/t12-,13-,15?,16-,17-,18-/m0/s1. The minimum Gasteiger partial charge on any atom is -0.119 e. The molecule has 4 aliphatic rings. The van der Waals surface area contributed by atoms with E-state index in [1.807, 2.05) is 0 Å². The summed E-state index contributed by atoms with van der Waals surface area (Å²) in [5.41, 5.74) is 1.44. The molecule has 20 heavy (non-hydrogen) atoms. The molecule has 0 heterocycles. The Bertz CT molecular complexity index is 513. The molecule has 4 saturated carbocycles. The average molecular weight is 309 g/mol. The SMILES string of the molecule is C[C@@H](c1ccccc1)[C@H]1C2C[C@H]3C[C@](Cl)(C2)C[C@@]1(Cl)C3. The zero-order chi connectivity index (χ0) is 14.0. The Morgan fingerprint density at radius 3 is 2.50 bits per heavy atom. The highest BCUT2D eigenvalue weighted by molar-refractivity contribution is 6.28. The second-order valence-corrected chi connectivity index (χ2v) is 9.12. The number of rotatable bonds is 2. The molecule has 0 aromatic heterocycles. The summed E-state index contributed by atoms with van der Waals surface area (Å²) < 4.78 is 0. The van der Waals surface area contributed by atoms with E-state index in [2.05, 4.69) is 37.3 Å². The van der Waals surface area contributed by atoms with Crippen molar-refractivity contribution < 1.29 is 0 Å². The lowest BCUT2D eigenvalue weighted by Gasteiger charge is -2.63. The van der Waals surface area contributed by atoms with E-state index in [9.17, 15) is 0 Å². The summed E-state index contributed by atoms with van der Waals surface area (Å²) in [7, 11) is 0. The fourth-order valence-electron chi connectivity index (χ4n) is 5.81. The van der Waals surface area contributed by atoms with Crippen molar-refractivity contribution in [2.45, 2.75) is 54.7 Å². The molecule has 4 fully saturated rings. The predicted molar refractivity (Wildman–Crippen MR) is 85.6 cm³/mol. The number of hydrogen-bond acceptors (Lipinski definition) is 0. The van der Waals surface area contributed by atoms with Gasteiger partial charge in [-0.3, -0.25) is 0 Å². The molecule has 1 aromatic rings. The van der Waals surface area contributed by atoms with Gasteiger partial charge in [-0.05, 0) is 61.3 Å². The van der Waals surface area contributed by atoms with Gasteiger partial charge in [0.15, 0.2) is 0 Å². The van der Waals surface area contributed by atoms with Crippen molar-refractivity contribution in [1.82, 2.24) is 0 Å². The summed E-state index contributed by atoms with van der Waals surface area (Å²) in [6.45, 7) is 2.37. The van der Waals surface area contributed by atoms with Crippen LogP contribution in [0, 0.1) is 17.8 Å². The number of hydrogen-bond donors (Lipinski definition) is 0. The van der Waals surface area contributed by atoms with Crippen LogP contribution in [0.2, 0.25) is 0 Å². The van der Waals surface area contributed by atoms with Crippen LogP contribution in [-0.4, -0.2) is 9.75 Å². The third-order valence-electron chi connectivity index (χ3n) is 6.13. The van der Waals surface area contributed by atoms with Crippen molar-refractivity contribution in [1.29, 1.82) is 0 Å². The molecule has 1 aromatic carbocycles. The maximum atomic E-state index is 7.15. The molecule has 108 valence electrons. The van der Waals surface area contributed by atoms with Crippen LogP contribution < -0.4 is 0 Å². The molecular formula is C18H22Cl2. The van der Waals surface area contributed by atoms with E-state index in [0.717, 1.165) is 18.3 Å². The smallest absolute Gasteiger partial charge is 0.0502 e. The minimum absolute atomic E-state index is 0.0144. The van der Waals surface area contributed by atoms with Gasteiger partial charge in [-0.15, -0.1) is 23.2 Å². The fraction of sp³-hybridized carbons (Fsp3) is 0.667. The highest BCUT2D eigenvalue weighted by atomic mass is 35.5. The molecule has 0 spiro atoms. The summed E-state index contributed by atoms with van der Waals surface area (Å²) in [5.74, 6) is 2.63. The fourth-order valence-corrected chi connectivity index (χ4v) is 7.38. The van der Waals surface area contributed by atoms with Crippen LogP contribution in [0.25, 0.3) is 0 Å². The summed E-state index contributed by atoms with van der Waals surface area (Å²) in [6.07, 6.45) is 5.93. The quantitative estimate of drug-likeness (QED) is 0.625. The summed E-state index contributed by atoms with van der Waals surface area (Å²) in [5, 5.41) is 0. The van der Waals surface area contributed by atoms with Crippen LogP contribution in [-0.2, 0) is 0 Å². The summed E-state index contributed by atoms with van der Waals surface area (Å²) >= 11 is 14.0. The van der Waals surface area contributed by atoms with E-state index in [1.54, 1.807) is 0 Å². The largest absolute Gasteiger partial charge is 0.119 e. The van der Waals surface area contributed by atoms with Crippen LogP contribution >= 0.6 is 23.2 Å². The van der Waals surface area contributed by atoms with Gasteiger partial charge in [-0.1, -0.05) is 37.3 Å². The third-order valence-corrected chi connectivity index (χ3v) is 7.11. The van der Waals surface area contributed by atoms with E-state index >= 15 is 0 Å². The first-order valence-electron chi connectivity index (χ1n) is 7.92. The molecule has 0 radical (unpaired) electrons. The van der Waals surface area contributed by atoms with Crippen LogP contribution in [0.15, 0.2) is 30.3 Å². The Kier molecular flexibility index (Phi) is 2.96. The Morgan fingerprint density at radius 2 is 1.85 bits per heavy atom.